The summed E-state index contributed by atoms with van der Waals surface area (Å²) < 4.78 is 2.01. The van der Waals surface area contributed by atoms with Gasteiger partial charge in [-0.25, -0.2) is 4.98 Å². The number of nitrogens with zero attached hydrogens (tertiary/aromatic N) is 2. The lowest BCUT2D eigenvalue weighted by Crippen LogP contribution is -2.36. The van der Waals surface area contributed by atoms with E-state index in [2.05, 4.69) is 15.6 Å². The predicted molar refractivity (Wildman–Crippen MR) is 109 cm³/mol. The van der Waals surface area contributed by atoms with Gasteiger partial charge in [0.15, 0.2) is 0 Å². The molecule has 0 radical (unpaired) electrons. The molecule has 4 rings (SSSR count). The minimum absolute atomic E-state index is 0.00277. The average molecular weight is 376 g/mol. The molecule has 6 heteroatoms. The van der Waals surface area contributed by atoms with Crippen LogP contribution in [0.2, 0.25) is 0 Å². The molecule has 1 aromatic carbocycles. The molecule has 0 spiro atoms. The molecule has 28 heavy (non-hydrogen) atoms. The number of carbonyl (C=O) groups is 2. The second-order valence-electron chi connectivity index (χ2n) is 7.37. The zero-order valence-corrected chi connectivity index (χ0v) is 15.9. The van der Waals surface area contributed by atoms with Crippen molar-refractivity contribution < 1.29 is 9.59 Å². The number of aryl methyl sites for hydroxylation is 1. The average Bonchev–Trinajstić information content (AvgIpc) is 3.37. The normalized spacial score (nSPS) is 14.3. The number of fused-ring (bicyclic) bond motifs is 1. The quantitative estimate of drug-likeness (QED) is 0.715. The van der Waals surface area contributed by atoms with E-state index in [1.54, 1.807) is 0 Å². The molecule has 1 aliphatic rings. The molecular weight excluding hydrogens is 352 g/mol. The van der Waals surface area contributed by atoms with Crippen LogP contribution in [-0.2, 0) is 9.59 Å². The molecule has 1 fully saturated rings. The van der Waals surface area contributed by atoms with Crippen molar-refractivity contribution in [3.05, 3.63) is 54.4 Å². The molecule has 6 nitrogen and oxygen atoms in total. The van der Waals surface area contributed by atoms with Gasteiger partial charge in [0.1, 0.15) is 5.65 Å². The molecule has 2 aromatic heterocycles. The SMILES string of the molecule is Cc1cccn2cc(-c3ccc(NC(=O)CNC(=O)C4CCCC4)cc3)nc12. The van der Waals surface area contributed by atoms with Gasteiger partial charge in [0.25, 0.3) is 0 Å². The van der Waals surface area contributed by atoms with Crippen LogP contribution in [0.15, 0.2) is 48.8 Å². The molecule has 2 heterocycles. The van der Waals surface area contributed by atoms with Gasteiger partial charge in [-0.1, -0.05) is 31.0 Å². The van der Waals surface area contributed by atoms with E-state index in [1.165, 1.54) is 0 Å². The van der Waals surface area contributed by atoms with Gasteiger partial charge in [-0.15, -0.1) is 0 Å². The standard InChI is InChI=1S/C22H24N4O2/c1-15-5-4-12-26-14-19(25-21(15)26)16-8-10-18(11-9-16)24-20(27)13-23-22(28)17-6-2-3-7-17/h4-5,8-12,14,17H,2-3,6-7,13H2,1H3,(H,23,28)(H,24,27). The summed E-state index contributed by atoms with van der Waals surface area (Å²) in [7, 11) is 0. The molecule has 3 aromatic rings. The molecule has 0 unspecified atom stereocenters. The second-order valence-corrected chi connectivity index (χ2v) is 7.37. The van der Waals surface area contributed by atoms with Crippen molar-refractivity contribution in [2.75, 3.05) is 11.9 Å². The number of anilines is 1. The summed E-state index contributed by atoms with van der Waals surface area (Å²) in [6, 6.07) is 11.6. The monoisotopic (exact) mass is 376 g/mol. The third-order valence-corrected chi connectivity index (χ3v) is 5.29. The van der Waals surface area contributed by atoms with Gasteiger partial charge in [-0.3, -0.25) is 9.59 Å². The highest BCUT2D eigenvalue weighted by Gasteiger charge is 2.22. The van der Waals surface area contributed by atoms with E-state index < -0.39 is 0 Å². The molecular formula is C22H24N4O2. The minimum atomic E-state index is -0.220. The first-order chi connectivity index (χ1) is 13.6. The first kappa shape index (κ1) is 18.2. The maximum atomic E-state index is 12.1. The zero-order valence-electron chi connectivity index (χ0n) is 15.9. The Morgan fingerprint density at radius 3 is 2.61 bits per heavy atom. The van der Waals surface area contributed by atoms with Crippen LogP contribution >= 0.6 is 0 Å². The van der Waals surface area contributed by atoms with Gasteiger partial charge in [-0.05, 0) is 43.5 Å². The van der Waals surface area contributed by atoms with Crippen LogP contribution in [0.1, 0.15) is 31.2 Å². The molecule has 1 aliphatic carbocycles. The topological polar surface area (TPSA) is 75.5 Å². The van der Waals surface area contributed by atoms with Gasteiger partial charge in [0.2, 0.25) is 11.8 Å². The number of amides is 2. The lowest BCUT2D eigenvalue weighted by atomic mass is 10.1. The Kier molecular flexibility index (Phi) is 5.10. The van der Waals surface area contributed by atoms with E-state index in [1.807, 2.05) is 60.1 Å². The Morgan fingerprint density at radius 1 is 1.14 bits per heavy atom. The third kappa shape index (κ3) is 3.91. The molecule has 2 amide bonds. The molecule has 144 valence electrons. The van der Waals surface area contributed by atoms with Gasteiger partial charge in [0.05, 0.1) is 12.2 Å². The van der Waals surface area contributed by atoms with Crippen molar-refractivity contribution in [2.45, 2.75) is 32.6 Å². The molecule has 0 atom stereocenters. The van der Waals surface area contributed by atoms with Crippen LogP contribution in [0.25, 0.3) is 16.9 Å². The van der Waals surface area contributed by atoms with Crippen LogP contribution in [-0.4, -0.2) is 27.7 Å². The van der Waals surface area contributed by atoms with E-state index in [0.717, 1.165) is 48.2 Å². The number of carbonyl (C=O) groups excluding carboxylic acids is 2. The summed E-state index contributed by atoms with van der Waals surface area (Å²) in [5, 5.41) is 5.56. The Labute approximate surface area is 164 Å². The Hall–Kier alpha value is -3.15. The Balaban J connectivity index is 1.36. The van der Waals surface area contributed by atoms with Gasteiger partial charge in [-0.2, -0.15) is 0 Å². The fourth-order valence-corrected chi connectivity index (χ4v) is 3.72. The number of aromatic nitrogens is 2. The highest BCUT2D eigenvalue weighted by molar-refractivity contribution is 5.95. The molecule has 0 saturated heterocycles. The number of pyridine rings is 1. The van der Waals surface area contributed by atoms with Crippen LogP contribution in [0.4, 0.5) is 5.69 Å². The summed E-state index contributed by atoms with van der Waals surface area (Å²) in [6.45, 7) is 2.04. The van der Waals surface area contributed by atoms with E-state index in [0.29, 0.717) is 5.69 Å². The number of benzene rings is 1. The van der Waals surface area contributed by atoms with Crippen molar-refractivity contribution in [1.29, 1.82) is 0 Å². The summed E-state index contributed by atoms with van der Waals surface area (Å²) >= 11 is 0. The molecule has 1 saturated carbocycles. The number of nitrogens with one attached hydrogen (secondary N) is 2. The largest absolute Gasteiger partial charge is 0.347 e. The fraction of sp³-hybridized carbons (Fsp3) is 0.318. The molecule has 0 aliphatic heterocycles. The third-order valence-electron chi connectivity index (χ3n) is 5.29. The lowest BCUT2D eigenvalue weighted by molar-refractivity contribution is -0.127. The fourth-order valence-electron chi connectivity index (χ4n) is 3.72. The minimum Gasteiger partial charge on any atom is -0.347 e. The van der Waals surface area contributed by atoms with Gasteiger partial charge in [0, 0.05) is 29.6 Å². The van der Waals surface area contributed by atoms with Crippen LogP contribution in [0, 0.1) is 12.8 Å². The first-order valence-electron chi connectivity index (χ1n) is 9.72. The molecule has 0 bridgehead atoms. The number of rotatable bonds is 5. The highest BCUT2D eigenvalue weighted by Crippen LogP contribution is 2.25. The smallest absolute Gasteiger partial charge is 0.243 e. The van der Waals surface area contributed by atoms with E-state index >= 15 is 0 Å². The maximum absolute atomic E-state index is 12.1. The summed E-state index contributed by atoms with van der Waals surface area (Å²) in [5.41, 5.74) is 4.63. The Bertz CT molecular complexity index is 1000. The van der Waals surface area contributed by atoms with Crippen LogP contribution < -0.4 is 10.6 Å². The number of imidazole rings is 1. The van der Waals surface area contributed by atoms with Crippen molar-refractivity contribution >= 4 is 23.1 Å². The van der Waals surface area contributed by atoms with E-state index in [4.69, 9.17) is 0 Å². The van der Waals surface area contributed by atoms with E-state index in [9.17, 15) is 9.59 Å². The zero-order chi connectivity index (χ0) is 19.5. The maximum Gasteiger partial charge on any atom is 0.243 e. The Morgan fingerprint density at radius 2 is 1.89 bits per heavy atom. The summed E-state index contributed by atoms with van der Waals surface area (Å²) in [6.07, 6.45) is 8.03. The summed E-state index contributed by atoms with van der Waals surface area (Å²) in [5.74, 6) is -0.159. The summed E-state index contributed by atoms with van der Waals surface area (Å²) in [4.78, 5) is 28.8. The highest BCUT2D eigenvalue weighted by atomic mass is 16.2. The van der Waals surface area contributed by atoms with Crippen LogP contribution in [0.5, 0.6) is 0 Å². The second kappa shape index (κ2) is 7.84. The van der Waals surface area contributed by atoms with Crippen molar-refractivity contribution in [2.24, 2.45) is 5.92 Å². The van der Waals surface area contributed by atoms with Crippen molar-refractivity contribution in [3.8, 4) is 11.3 Å². The van der Waals surface area contributed by atoms with Crippen molar-refractivity contribution in [3.63, 3.8) is 0 Å². The molecule has 2 N–H and O–H groups in total. The van der Waals surface area contributed by atoms with Gasteiger partial charge < -0.3 is 15.0 Å². The van der Waals surface area contributed by atoms with Crippen molar-refractivity contribution in [1.82, 2.24) is 14.7 Å². The van der Waals surface area contributed by atoms with Gasteiger partial charge >= 0.3 is 0 Å². The predicted octanol–water partition coefficient (Wildman–Crippen LogP) is 3.55. The first-order valence-corrected chi connectivity index (χ1v) is 9.72. The van der Waals surface area contributed by atoms with Crippen LogP contribution in [0.3, 0.4) is 0 Å². The number of hydrogen-bond acceptors (Lipinski definition) is 3. The van der Waals surface area contributed by atoms with E-state index in [-0.39, 0.29) is 24.3 Å². The number of hydrogen-bond donors (Lipinski definition) is 2. The lowest BCUT2D eigenvalue weighted by Gasteiger charge is -2.10.